The van der Waals surface area contributed by atoms with Gasteiger partial charge in [0.15, 0.2) is 0 Å². The Balaban J connectivity index is 0. The largest absolute Gasteiger partial charge is 0.508 e. The van der Waals surface area contributed by atoms with Gasteiger partial charge in [0, 0.05) is 32.7 Å². The smallest absolute Gasteiger partial charge is 0.115 e. The number of phenolic OH excluding ortho intramolecular Hbond substituents is 1. The van der Waals surface area contributed by atoms with Crippen LogP contribution in [0.5, 0.6) is 5.75 Å². The second kappa shape index (κ2) is 11.8. The first-order valence-corrected chi connectivity index (χ1v) is 5.11. The second-order valence-corrected chi connectivity index (χ2v) is 3.17. The maximum atomic E-state index is 8.63. The normalized spacial score (nSPS) is 7.82. The van der Waals surface area contributed by atoms with Crippen LogP contribution < -0.4 is 0 Å². The van der Waals surface area contributed by atoms with E-state index in [-0.39, 0.29) is 38.2 Å². The van der Waals surface area contributed by atoms with Gasteiger partial charge in [-0.1, -0.05) is 55.5 Å². The molecule has 0 unspecified atom stereocenters. The van der Waals surface area contributed by atoms with Gasteiger partial charge in [-0.15, -0.1) is 0 Å². The fourth-order valence-electron chi connectivity index (χ4n) is 1.14. The van der Waals surface area contributed by atoms with Crippen LogP contribution in [0, 0.1) is 0 Å². The second-order valence-electron chi connectivity index (χ2n) is 3.17. The molecule has 0 saturated carbocycles. The van der Waals surface area contributed by atoms with Crippen LogP contribution in [0.4, 0.5) is 0 Å². The molecule has 3 N–H and O–H groups in total. The average molecular weight is 307 g/mol. The standard InChI is InChI=1S/C8H10.C6H6O.H2O.Y/c1-2-8-6-4-3-5-7-8;7-6-4-2-1-3-5-6;;/h3-7H,2H2,1H3;1-5,7H;1H2;. The van der Waals surface area contributed by atoms with E-state index in [9.17, 15) is 0 Å². The molecule has 0 bridgehead atoms. The first-order chi connectivity index (χ1) is 7.33. The summed E-state index contributed by atoms with van der Waals surface area (Å²) in [5.74, 6) is 0.322. The molecule has 0 atom stereocenters. The Kier molecular flexibility index (Phi) is 12.9. The van der Waals surface area contributed by atoms with Gasteiger partial charge in [-0.25, -0.2) is 0 Å². The summed E-state index contributed by atoms with van der Waals surface area (Å²) in [4.78, 5) is 0. The van der Waals surface area contributed by atoms with Gasteiger partial charge in [-0.05, 0) is 24.1 Å². The molecule has 17 heavy (non-hydrogen) atoms. The zero-order valence-electron chi connectivity index (χ0n) is 10.0. The van der Waals surface area contributed by atoms with Gasteiger partial charge in [-0.2, -0.15) is 0 Å². The van der Waals surface area contributed by atoms with E-state index in [0.717, 1.165) is 6.42 Å². The summed E-state index contributed by atoms with van der Waals surface area (Å²) < 4.78 is 0. The molecule has 1 radical (unpaired) electrons. The number of benzene rings is 2. The number of rotatable bonds is 1. The predicted molar refractivity (Wildman–Crippen MR) is 67.5 cm³/mol. The number of aromatic hydroxyl groups is 1. The number of para-hydroxylation sites is 1. The average Bonchev–Trinajstić information content (AvgIpc) is 2.32. The van der Waals surface area contributed by atoms with Crippen molar-refractivity contribution in [2.75, 3.05) is 0 Å². The Morgan fingerprint density at radius 3 is 1.47 bits per heavy atom. The minimum absolute atomic E-state index is 0. The molecule has 0 amide bonds. The summed E-state index contributed by atoms with van der Waals surface area (Å²) in [6, 6.07) is 19.2. The maximum absolute atomic E-state index is 8.63. The van der Waals surface area contributed by atoms with Crippen LogP contribution >= 0.6 is 0 Å². The molecule has 3 heteroatoms. The molecule has 2 rings (SSSR count). The van der Waals surface area contributed by atoms with E-state index < -0.39 is 0 Å². The van der Waals surface area contributed by atoms with Crippen molar-refractivity contribution in [3.63, 3.8) is 0 Å². The van der Waals surface area contributed by atoms with Crippen molar-refractivity contribution >= 4 is 0 Å². The molecule has 0 spiro atoms. The third-order valence-corrected chi connectivity index (χ3v) is 2.01. The van der Waals surface area contributed by atoms with Crippen LogP contribution in [0.25, 0.3) is 0 Å². The molecule has 2 aromatic rings. The fraction of sp³-hybridized carbons (Fsp3) is 0.143. The van der Waals surface area contributed by atoms with Crippen molar-refractivity contribution in [1.29, 1.82) is 0 Å². The molecule has 2 nitrogen and oxygen atoms in total. The summed E-state index contributed by atoms with van der Waals surface area (Å²) >= 11 is 0. The van der Waals surface area contributed by atoms with Gasteiger partial charge >= 0.3 is 0 Å². The van der Waals surface area contributed by atoms with Crippen LogP contribution in [0.2, 0.25) is 0 Å². The van der Waals surface area contributed by atoms with E-state index in [2.05, 4.69) is 31.2 Å². The summed E-state index contributed by atoms with van der Waals surface area (Å²) in [6.45, 7) is 2.16. The van der Waals surface area contributed by atoms with E-state index in [1.54, 1.807) is 24.3 Å². The van der Waals surface area contributed by atoms with E-state index in [1.165, 1.54) is 5.56 Å². The van der Waals surface area contributed by atoms with Gasteiger partial charge < -0.3 is 10.6 Å². The first kappa shape index (κ1) is 18.7. The van der Waals surface area contributed by atoms with E-state index >= 15 is 0 Å². The van der Waals surface area contributed by atoms with Crippen molar-refractivity contribution in [1.82, 2.24) is 0 Å². The molecule has 0 heterocycles. The minimum atomic E-state index is 0. The quantitative estimate of drug-likeness (QED) is 0.865. The molecular formula is C14H18O2Y. The first-order valence-electron chi connectivity index (χ1n) is 5.11. The Bertz CT molecular complexity index is 362. The van der Waals surface area contributed by atoms with Gasteiger partial charge in [0.2, 0.25) is 0 Å². The molecular weight excluding hydrogens is 289 g/mol. The maximum Gasteiger partial charge on any atom is 0.115 e. The molecule has 2 aromatic carbocycles. The molecule has 0 aliphatic heterocycles. The summed E-state index contributed by atoms with van der Waals surface area (Å²) in [7, 11) is 0. The third-order valence-electron chi connectivity index (χ3n) is 2.01. The van der Waals surface area contributed by atoms with Crippen LogP contribution in [0.1, 0.15) is 12.5 Å². The monoisotopic (exact) mass is 307 g/mol. The summed E-state index contributed by atoms with van der Waals surface area (Å²) in [6.07, 6.45) is 1.14. The zero-order chi connectivity index (χ0) is 10.9. The fourth-order valence-corrected chi connectivity index (χ4v) is 1.14. The Morgan fingerprint density at radius 2 is 1.24 bits per heavy atom. The van der Waals surface area contributed by atoms with Crippen LogP contribution in [0.3, 0.4) is 0 Å². The number of phenols is 1. The van der Waals surface area contributed by atoms with Crippen molar-refractivity contribution < 1.29 is 43.3 Å². The van der Waals surface area contributed by atoms with Crippen LogP contribution in [-0.2, 0) is 39.1 Å². The Labute approximate surface area is 128 Å². The van der Waals surface area contributed by atoms with Gasteiger partial charge in [0.1, 0.15) is 5.75 Å². The number of hydrogen-bond acceptors (Lipinski definition) is 1. The van der Waals surface area contributed by atoms with Crippen molar-refractivity contribution in [3.05, 3.63) is 66.2 Å². The van der Waals surface area contributed by atoms with Gasteiger partial charge in [0.25, 0.3) is 0 Å². The molecule has 0 aliphatic rings. The van der Waals surface area contributed by atoms with E-state index in [0.29, 0.717) is 5.75 Å². The third kappa shape index (κ3) is 9.05. The van der Waals surface area contributed by atoms with Crippen molar-refractivity contribution in [2.45, 2.75) is 13.3 Å². The Morgan fingerprint density at radius 1 is 0.824 bits per heavy atom. The number of hydrogen-bond donors (Lipinski definition) is 1. The number of aryl methyl sites for hydroxylation is 1. The zero-order valence-corrected chi connectivity index (χ0v) is 12.8. The molecule has 89 valence electrons. The van der Waals surface area contributed by atoms with E-state index in [4.69, 9.17) is 5.11 Å². The van der Waals surface area contributed by atoms with Crippen molar-refractivity contribution in [2.24, 2.45) is 0 Å². The van der Waals surface area contributed by atoms with Crippen molar-refractivity contribution in [3.8, 4) is 5.75 Å². The summed E-state index contributed by atoms with van der Waals surface area (Å²) in [5.41, 5.74) is 1.41. The SMILES string of the molecule is CCc1ccccc1.O.Oc1ccccc1.[Y]. The van der Waals surface area contributed by atoms with Gasteiger partial charge in [-0.3, -0.25) is 0 Å². The molecule has 0 fully saturated rings. The van der Waals surface area contributed by atoms with Crippen LogP contribution in [0.15, 0.2) is 60.7 Å². The minimum Gasteiger partial charge on any atom is -0.508 e. The Hall–Kier alpha value is -0.696. The topological polar surface area (TPSA) is 51.7 Å². The van der Waals surface area contributed by atoms with E-state index in [1.807, 2.05) is 12.1 Å². The summed E-state index contributed by atoms with van der Waals surface area (Å²) in [5, 5.41) is 8.63. The van der Waals surface area contributed by atoms with Crippen LogP contribution in [-0.4, -0.2) is 10.6 Å². The van der Waals surface area contributed by atoms with Gasteiger partial charge in [0.05, 0.1) is 0 Å². The molecule has 0 saturated heterocycles. The molecule has 0 aromatic heterocycles. The molecule has 0 aliphatic carbocycles. The predicted octanol–water partition coefficient (Wildman–Crippen LogP) is 2.81.